The van der Waals surface area contributed by atoms with Gasteiger partial charge in [0.05, 0.1) is 5.39 Å². The van der Waals surface area contributed by atoms with Gasteiger partial charge < -0.3 is 4.74 Å². The third-order valence-corrected chi connectivity index (χ3v) is 3.79. The van der Waals surface area contributed by atoms with Gasteiger partial charge in [0.1, 0.15) is 10.6 Å². The summed E-state index contributed by atoms with van der Waals surface area (Å²) in [5, 5.41) is 3.04. The van der Waals surface area contributed by atoms with Crippen LogP contribution >= 0.6 is 22.9 Å². The molecule has 96 valence electrons. The Balaban J connectivity index is 2.10. The SMILES string of the molecule is Cc1ccc(C)c(Oc2nc(Cl)nc3sccc23)c1. The highest BCUT2D eigenvalue weighted by Crippen LogP contribution is 2.32. The largest absolute Gasteiger partial charge is 0.438 e. The molecule has 0 saturated heterocycles. The van der Waals surface area contributed by atoms with Crippen LogP contribution in [0.2, 0.25) is 5.28 Å². The van der Waals surface area contributed by atoms with Crippen molar-refractivity contribution in [1.29, 1.82) is 0 Å². The van der Waals surface area contributed by atoms with E-state index in [4.69, 9.17) is 16.3 Å². The molecule has 3 rings (SSSR count). The molecule has 0 unspecified atom stereocenters. The van der Waals surface area contributed by atoms with Crippen molar-refractivity contribution < 1.29 is 4.74 Å². The number of benzene rings is 1. The first kappa shape index (κ1) is 12.4. The second-order valence-corrected chi connectivity index (χ2v) is 5.54. The number of ether oxygens (including phenoxy) is 1. The Morgan fingerprint density at radius 1 is 1.16 bits per heavy atom. The fourth-order valence-corrected chi connectivity index (χ4v) is 2.77. The van der Waals surface area contributed by atoms with E-state index >= 15 is 0 Å². The van der Waals surface area contributed by atoms with Gasteiger partial charge in [0.2, 0.25) is 11.2 Å². The molecule has 0 aliphatic heterocycles. The summed E-state index contributed by atoms with van der Waals surface area (Å²) in [6, 6.07) is 8.01. The molecule has 0 bridgehead atoms. The first-order valence-corrected chi connectivity index (χ1v) is 7.05. The first-order chi connectivity index (χ1) is 9.13. The minimum absolute atomic E-state index is 0.204. The van der Waals surface area contributed by atoms with Crippen molar-refractivity contribution in [3.63, 3.8) is 0 Å². The number of hydrogen-bond donors (Lipinski definition) is 0. The van der Waals surface area contributed by atoms with E-state index in [0.717, 1.165) is 27.1 Å². The van der Waals surface area contributed by atoms with Crippen LogP contribution in [-0.4, -0.2) is 9.97 Å². The molecule has 0 spiro atoms. The van der Waals surface area contributed by atoms with Crippen molar-refractivity contribution >= 4 is 33.2 Å². The fourth-order valence-electron chi connectivity index (χ4n) is 1.80. The Morgan fingerprint density at radius 3 is 2.84 bits per heavy atom. The van der Waals surface area contributed by atoms with E-state index in [1.54, 1.807) is 0 Å². The molecule has 0 N–H and O–H groups in total. The number of hydrogen-bond acceptors (Lipinski definition) is 4. The van der Waals surface area contributed by atoms with Gasteiger partial charge in [0.25, 0.3) is 0 Å². The molecule has 3 nitrogen and oxygen atoms in total. The molecular formula is C14H11ClN2OS. The number of halogens is 1. The zero-order valence-corrected chi connectivity index (χ0v) is 12.0. The molecule has 0 fully saturated rings. The molecule has 0 aliphatic carbocycles. The van der Waals surface area contributed by atoms with Crippen LogP contribution in [-0.2, 0) is 0 Å². The second-order valence-electron chi connectivity index (χ2n) is 4.31. The topological polar surface area (TPSA) is 35.0 Å². The molecule has 0 atom stereocenters. The molecule has 2 aromatic heterocycles. The lowest BCUT2D eigenvalue weighted by molar-refractivity contribution is 0.464. The minimum atomic E-state index is 0.204. The summed E-state index contributed by atoms with van der Waals surface area (Å²) in [4.78, 5) is 9.18. The number of thiophene rings is 1. The molecule has 0 saturated carbocycles. The molecule has 1 aromatic carbocycles. The van der Waals surface area contributed by atoms with E-state index in [2.05, 4.69) is 16.0 Å². The summed E-state index contributed by atoms with van der Waals surface area (Å²) in [7, 11) is 0. The van der Waals surface area contributed by atoms with Crippen LogP contribution in [0.25, 0.3) is 10.2 Å². The van der Waals surface area contributed by atoms with Gasteiger partial charge in [-0.25, -0.2) is 4.98 Å². The number of rotatable bonds is 2. The molecule has 0 radical (unpaired) electrons. The van der Waals surface area contributed by atoms with Crippen molar-refractivity contribution in [2.24, 2.45) is 0 Å². The summed E-state index contributed by atoms with van der Waals surface area (Å²) in [5.41, 5.74) is 2.20. The lowest BCUT2D eigenvalue weighted by Crippen LogP contribution is -1.93. The zero-order valence-electron chi connectivity index (χ0n) is 10.5. The van der Waals surface area contributed by atoms with Gasteiger partial charge in [0.15, 0.2) is 0 Å². The predicted molar refractivity (Wildman–Crippen MR) is 78.4 cm³/mol. The van der Waals surface area contributed by atoms with E-state index < -0.39 is 0 Å². The summed E-state index contributed by atoms with van der Waals surface area (Å²) in [6.07, 6.45) is 0. The van der Waals surface area contributed by atoms with Gasteiger partial charge >= 0.3 is 0 Å². The first-order valence-electron chi connectivity index (χ1n) is 5.79. The zero-order chi connectivity index (χ0) is 13.4. The van der Waals surface area contributed by atoms with Gasteiger partial charge in [-0.15, -0.1) is 11.3 Å². The normalized spacial score (nSPS) is 10.9. The van der Waals surface area contributed by atoms with Gasteiger partial charge in [-0.3, -0.25) is 0 Å². The van der Waals surface area contributed by atoms with E-state index in [0.29, 0.717) is 5.88 Å². The summed E-state index contributed by atoms with van der Waals surface area (Å²) < 4.78 is 5.91. The molecule has 3 aromatic rings. The van der Waals surface area contributed by atoms with Crippen LogP contribution in [0.5, 0.6) is 11.6 Å². The molecule has 0 amide bonds. The van der Waals surface area contributed by atoms with Crippen molar-refractivity contribution in [2.45, 2.75) is 13.8 Å². The third-order valence-electron chi connectivity index (χ3n) is 2.81. The van der Waals surface area contributed by atoms with Gasteiger partial charge in [-0.1, -0.05) is 12.1 Å². The fraction of sp³-hybridized carbons (Fsp3) is 0.143. The number of aryl methyl sites for hydroxylation is 2. The van der Waals surface area contributed by atoms with E-state index in [1.165, 1.54) is 11.3 Å². The highest BCUT2D eigenvalue weighted by atomic mass is 35.5. The highest BCUT2D eigenvalue weighted by molar-refractivity contribution is 7.16. The van der Waals surface area contributed by atoms with Gasteiger partial charge in [0, 0.05) is 0 Å². The van der Waals surface area contributed by atoms with Crippen molar-refractivity contribution in [2.75, 3.05) is 0 Å². The maximum atomic E-state index is 5.92. The van der Waals surface area contributed by atoms with Gasteiger partial charge in [-0.2, -0.15) is 4.98 Å². The van der Waals surface area contributed by atoms with Crippen LogP contribution < -0.4 is 4.74 Å². The Labute approximate surface area is 119 Å². The average Bonchev–Trinajstić information content (AvgIpc) is 2.82. The monoisotopic (exact) mass is 290 g/mol. The molecular weight excluding hydrogens is 280 g/mol. The average molecular weight is 291 g/mol. The smallest absolute Gasteiger partial charge is 0.232 e. The number of nitrogens with zero attached hydrogens (tertiary/aromatic N) is 2. The highest BCUT2D eigenvalue weighted by Gasteiger charge is 2.11. The van der Waals surface area contributed by atoms with E-state index in [9.17, 15) is 0 Å². The van der Waals surface area contributed by atoms with Crippen molar-refractivity contribution in [3.05, 3.63) is 46.1 Å². The van der Waals surface area contributed by atoms with Crippen LogP contribution in [0.4, 0.5) is 0 Å². The van der Waals surface area contributed by atoms with Crippen LogP contribution in [0.3, 0.4) is 0 Å². The molecule has 2 heterocycles. The quantitative estimate of drug-likeness (QED) is 0.639. The van der Waals surface area contributed by atoms with Crippen LogP contribution in [0.15, 0.2) is 29.6 Å². The third kappa shape index (κ3) is 2.41. The standard InChI is InChI=1S/C14H11ClN2OS/c1-8-3-4-9(2)11(7-8)18-12-10-5-6-19-13(10)17-14(15)16-12/h3-7H,1-2H3. The second kappa shape index (κ2) is 4.79. The maximum Gasteiger partial charge on any atom is 0.232 e. The lowest BCUT2D eigenvalue weighted by Gasteiger charge is -2.09. The number of fused-ring (bicyclic) bond motifs is 1. The van der Waals surface area contributed by atoms with E-state index in [1.807, 2.05) is 37.4 Å². The summed E-state index contributed by atoms with van der Waals surface area (Å²) in [5.74, 6) is 1.30. The maximum absolute atomic E-state index is 5.92. The van der Waals surface area contributed by atoms with Crippen molar-refractivity contribution in [3.8, 4) is 11.6 Å². The van der Waals surface area contributed by atoms with Crippen molar-refractivity contribution in [1.82, 2.24) is 9.97 Å². The Bertz CT molecular complexity index is 754. The Morgan fingerprint density at radius 2 is 2.00 bits per heavy atom. The molecule has 5 heteroatoms. The Kier molecular flexibility index (Phi) is 3.12. The van der Waals surface area contributed by atoms with Crippen LogP contribution in [0, 0.1) is 13.8 Å². The number of aromatic nitrogens is 2. The Hall–Kier alpha value is -1.65. The van der Waals surface area contributed by atoms with Crippen LogP contribution in [0.1, 0.15) is 11.1 Å². The lowest BCUT2D eigenvalue weighted by atomic mass is 10.1. The van der Waals surface area contributed by atoms with E-state index in [-0.39, 0.29) is 5.28 Å². The summed E-state index contributed by atoms with van der Waals surface area (Å²) in [6.45, 7) is 4.03. The molecule has 0 aliphatic rings. The van der Waals surface area contributed by atoms with Gasteiger partial charge in [-0.05, 0) is 54.1 Å². The molecule has 19 heavy (non-hydrogen) atoms. The minimum Gasteiger partial charge on any atom is -0.438 e. The summed E-state index contributed by atoms with van der Waals surface area (Å²) >= 11 is 7.44. The predicted octanol–water partition coefficient (Wildman–Crippen LogP) is 4.75.